The third-order valence-corrected chi connectivity index (χ3v) is 2.40. The van der Waals surface area contributed by atoms with Crippen LogP contribution < -0.4 is 5.73 Å². The van der Waals surface area contributed by atoms with E-state index < -0.39 is 0 Å². The van der Waals surface area contributed by atoms with E-state index in [1.54, 1.807) is 0 Å². The van der Waals surface area contributed by atoms with Gasteiger partial charge in [-0.05, 0) is 18.3 Å². The molecule has 0 radical (unpaired) electrons. The molecule has 0 heterocycles. The van der Waals surface area contributed by atoms with Crippen LogP contribution in [0.1, 0.15) is 47.5 Å². The van der Waals surface area contributed by atoms with Crippen molar-refractivity contribution in [3.05, 3.63) is 0 Å². The molecule has 0 rings (SSSR count). The maximum atomic E-state index is 12.1. The van der Waals surface area contributed by atoms with Gasteiger partial charge >= 0.3 is 0 Å². The molecular formula is C13H28N2O. The van der Waals surface area contributed by atoms with E-state index in [1.807, 2.05) is 4.90 Å². The van der Waals surface area contributed by atoms with Gasteiger partial charge in [-0.3, -0.25) is 4.79 Å². The molecule has 0 spiro atoms. The molecule has 0 aliphatic rings. The van der Waals surface area contributed by atoms with Crippen LogP contribution in [0.3, 0.4) is 0 Å². The molecule has 2 N–H and O–H groups in total. The lowest BCUT2D eigenvalue weighted by Crippen LogP contribution is -2.46. The summed E-state index contributed by atoms with van der Waals surface area (Å²) in [6.45, 7) is 12.2. The van der Waals surface area contributed by atoms with Gasteiger partial charge in [0.1, 0.15) is 0 Å². The van der Waals surface area contributed by atoms with Crippen molar-refractivity contribution >= 4 is 5.91 Å². The Bertz CT molecular complexity index is 192. The van der Waals surface area contributed by atoms with Crippen molar-refractivity contribution in [1.29, 1.82) is 0 Å². The van der Waals surface area contributed by atoms with Gasteiger partial charge in [0.2, 0.25) is 5.91 Å². The molecular weight excluding hydrogens is 200 g/mol. The summed E-state index contributed by atoms with van der Waals surface area (Å²) in [6, 6.07) is -0.317. The van der Waals surface area contributed by atoms with Crippen molar-refractivity contribution in [2.45, 2.75) is 53.5 Å². The average Bonchev–Trinajstić information content (AvgIpc) is 2.14. The summed E-state index contributed by atoms with van der Waals surface area (Å²) in [6.07, 6.45) is 1.75. The molecule has 0 saturated carbocycles. The van der Waals surface area contributed by atoms with Crippen molar-refractivity contribution in [3.8, 4) is 0 Å². The third-order valence-electron chi connectivity index (χ3n) is 2.40. The Morgan fingerprint density at radius 2 is 1.56 bits per heavy atom. The van der Waals surface area contributed by atoms with Crippen molar-refractivity contribution in [1.82, 2.24) is 4.90 Å². The maximum absolute atomic E-state index is 12.1. The van der Waals surface area contributed by atoms with Crippen LogP contribution >= 0.6 is 0 Å². The Balaban J connectivity index is 4.42. The molecule has 0 aromatic heterocycles. The Kier molecular flexibility index (Phi) is 7.39. The standard InChI is InChI=1S/C13H28N2O/c1-6-7-12(14)13(16)15(8-10(2)3)9-11(4)5/h10-12H,6-9,14H2,1-5H3/t12-/m1/s1. The number of amides is 1. The fourth-order valence-corrected chi connectivity index (χ4v) is 1.81. The number of nitrogens with two attached hydrogens (primary N) is 1. The molecule has 0 unspecified atom stereocenters. The van der Waals surface area contributed by atoms with Crippen molar-refractivity contribution in [3.63, 3.8) is 0 Å². The number of rotatable bonds is 7. The third kappa shape index (κ3) is 6.11. The van der Waals surface area contributed by atoms with Crippen molar-refractivity contribution in [2.75, 3.05) is 13.1 Å². The van der Waals surface area contributed by atoms with Crippen LogP contribution in [-0.4, -0.2) is 29.9 Å². The van der Waals surface area contributed by atoms with Gasteiger partial charge in [0.25, 0.3) is 0 Å². The van der Waals surface area contributed by atoms with Crippen molar-refractivity contribution < 1.29 is 4.79 Å². The van der Waals surface area contributed by atoms with E-state index in [9.17, 15) is 4.79 Å². The summed E-state index contributed by atoms with van der Waals surface area (Å²) in [5.41, 5.74) is 5.89. The van der Waals surface area contributed by atoms with Gasteiger partial charge in [0.15, 0.2) is 0 Å². The second kappa shape index (κ2) is 7.66. The van der Waals surface area contributed by atoms with Gasteiger partial charge in [-0.2, -0.15) is 0 Å². The second-order valence-corrected chi connectivity index (χ2v) is 5.43. The van der Waals surface area contributed by atoms with Gasteiger partial charge in [0, 0.05) is 13.1 Å². The van der Waals surface area contributed by atoms with Crippen LogP contribution in [0.5, 0.6) is 0 Å². The molecule has 1 atom stereocenters. The fourth-order valence-electron chi connectivity index (χ4n) is 1.81. The lowest BCUT2D eigenvalue weighted by molar-refractivity contribution is -0.133. The Morgan fingerprint density at radius 1 is 1.12 bits per heavy atom. The normalized spacial score (nSPS) is 13.2. The molecule has 1 amide bonds. The van der Waals surface area contributed by atoms with E-state index in [0.717, 1.165) is 25.9 Å². The number of carbonyl (C=O) groups excluding carboxylic acids is 1. The highest BCUT2D eigenvalue weighted by atomic mass is 16.2. The maximum Gasteiger partial charge on any atom is 0.239 e. The molecule has 0 aromatic carbocycles. The molecule has 0 saturated heterocycles. The molecule has 0 fully saturated rings. The van der Waals surface area contributed by atoms with E-state index in [4.69, 9.17) is 5.73 Å². The fraction of sp³-hybridized carbons (Fsp3) is 0.923. The van der Waals surface area contributed by atoms with E-state index in [2.05, 4.69) is 34.6 Å². The summed E-state index contributed by atoms with van der Waals surface area (Å²) >= 11 is 0. The summed E-state index contributed by atoms with van der Waals surface area (Å²) in [4.78, 5) is 14.0. The minimum absolute atomic E-state index is 0.115. The number of hydrogen-bond acceptors (Lipinski definition) is 2. The first-order valence-electron chi connectivity index (χ1n) is 6.42. The number of hydrogen-bond donors (Lipinski definition) is 1. The summed E-state index contributed by atoms with van der Waals surface area (Å²) in [7, 11) is 0. The molecule has 3 nitrogen and oxygen atoms in total. The first kappa shape index (κ1) is 15.4. The van der Waals surface area contributed by atoms with Crippen LogP contribution in [0.2, 0.25) is 0 Å². The van der Waals surface area contributed by atoms with Crippen LogP contribution in [0.15, 0.2) is 0 Å². The van der Waals surface area contributed by atoms with Gasteiger partial charge in [-0.25, -0.2) is 0 Å². The van der Waals surface area contributed by atoms with Gasteiger partial charge < -0.3 is 10.6 Å². The minimum Gasteiger partial charge on any atom is -0.341 e. The zero-order valence-electron chi connectivity index (χ0n) is 11.5. The predicted octanol–water partition coefficient (Wildman–Crippen LogP) is 2.25. The molecule has 3 heteroatoms. The van der Waals surface area contributed by atoms with E-state index in [-0.39, 0.29) is 11.9 Å². The first-order valence-corrected chi connectivity index (χ1v) is 6.42. The van der Waals surface area contributed by atoms with Gasteiger partial charge in [0.05, 0.1) is 6.04 Å². The Labute approximate surface area is 100 Å². The van der Waals surface area contributed by atoms with Crippen LogP contribution in [-0.2, 0) is 4.79 Å². The van der Waals surface area contributed by atoms with E-state index in [1.165, 1.54) is 0 Å². The van der Waals surface area contributed by atoms with Crippen LogP contribution in [0.4, 0.5) is 0 Å². The summed E-state index contributed by atoms with van der Waals surface area (Å²) in [5, 5.41) is 0. The van der Waals surface area contributed by atoms with E-state index in [0.29, 0.717) is 11.8 Å². The molecule has 0 aromatic rings. The zero-order chi connectivity index (χ0) is 12.7. The van der Waals surface area contributed by atoms with Crippen LogP contribution in [0, 0.1) is 11.8 Å². The highest BCUT2D eigenvalue weighted by Crippen LogP contribution is 2.07. The monoisotopic (exact) mass is 228 g/mol. The topological polar surface area (TPSA) is 46.3 Å². The molecule has 0 bridgehead atoms. The van der Waals surface area contributed by atoms with Crippen LogP contribution in [0.25, 0.3) is 0 Å². The molecule has 0 aliphatic heterocycles. The largest absolute Gasteiger partial charge is 0.341 e. The highest BCUT2D eigenvalue weighted by Gasteiger charge is 2.21. The lowest BCUT2D eigenvalue weighted by Gasteiger charge is -2.28. The Hall–Kier alpha value is -0.570. The average molecular weight is 228 g/mol. The summed E-state index contributed by atoms with van der Waals surface area (Å²) < 4.78 is 0. The molecule has 16 heavy (non-hydrogen) atoms. The SMILES string of the molecule is CCC[C@@H](N)C(=O)N(CC(C)C)CC(C)C. The summed E-state index contributed by atoms with van der Waals surface area (Å²) in [5.74, 6) is 1.11. The molecule has 0 aliphatic carbocycles. The smallest absolute Gasteiger partial charge is 0.239 e. The first-order chi connectivity index (χ1) is 7.38. The van der Waals surface area contributed by atoms with E-state index >= 15 is 0 Å². The second-order valence-electron chi connectivity index (χ2n) is 5.43. The number of nitrogens with zero attached hydrogens (tertiary/aromatic N) is 1. The zero-order valence-corrected chi connectivity index (χ0v) is 11.5. The predicted molar refractivity (Wildman–Crippen MR) is 69.1 cm³/mol. The minimum atomic E-state index is -0.317. The Morgan fingerprint density at radius 3 is 1.88 bits per heavy atom. The van der Waals surface area contributed by atoms with Crippen molar-refractivity contribution in [2.24, 2.45) is 17.6 Å². The quantitative estimate of drug-likeness (QED) is 0.726. The lowest BCUT2D eigenvalue weighted by atomic mass is 10.1. The van der Waals surface area contributed by atoms with Gasteiger partial charge in [-0.15, -0.1) is 0 Å². The highest BCUT2D eigenvalue weighted by molar-refractivity contribution is 5.81. The van der Waals surface area contributed by atoms with Gasteiger partial charge in [-0.1, -0.05) is 41.0 Å². The molecule has 96 valence electrons. The number of carbonyl (C=O) groups is 1.